The standard InChI is InChI=1S/C19H23N3O3S/c1-12-3-2-4-15(9-12)24-10-17-21-22-19(25-17)26-11-16(23)20-18(13-5-6-13)14-7-8-14/h2-4,9,13-14,18H,5-8,10-11H2,1H3,(H,20,23). The molecule has 6 nitrogen and oxygen atoms in total. The molecule has 138 valence electrons. The van der Waals surface area contributed by atoms with Crippen molar-refractivity contribution < 1.29 is 13.9 Å². The summed E-state index contributed by atoms with van der Waals surface area (Å²) in [7, 11) is 0. The van der Waals surface area contributed by atoms with Crippen LogP contribution < -0.4 is 10.1 Å². The summed E-state index contributed by atoms with van der Waals surface area (Å²) >= 11 is 1.27. The molecule has 2 saturated carbocycles. The largest absolute Gasteiger partial charge is 0.484 e. The molecule has 0 spiro atoms. The predicted molar refractivity (Wildman–Crippen MR) is 97.9 cm³/mol. The summed E-state index contributed by atoms with van der Waals surface area (Å²) in [5.74, 6) is 2.92. The number of amides is 1. The van der Waals surface area contributed by atoms with Crippen molar-refractivity contribution in [2.75, 3.05) is 5.75 Å². The highest BCUT2D eigenvalue weighted by Gasteiger charge is 2.42. The lowest BCUT2D eigenvalue weighted by Crippen LogP contribution is -2.39. The fourth-order valence-electron chi connectivity index (χ4n) is 3.09. The SMILES string of the molecule is Cc1cccc(OCc2nnc(SCC(=O)NC(C3CC3)C3CC3)o2)c1. The molecule has 2 aliphatic carbocycles. The molecule has 1 N–H and O–H groups in total. The molecule has 2 aliphatic rings. The van der Waals surface area contributed by atoms with Crippen molar-refractivity contribution in [3.05, 3.63) is 35.7 Å². The molecule has 1 amide bonds. The first-order chi connectivity index (χ1) is 12.7. The molecule has 1 heterocycles. The average Bonchev–Trinajstić information content (AvgIpc) is 3.55. The number of hydrogen-bond donors (Lipinski definition) is 1. The van der Waals surface area contributed by atoms with Crippen LogP contribution in [0, 0.1) is 18.8 Å². The van der Waals surface area contributed by atoms with E-state index in [0.717, 1.165) is 11.3 Å². The Labute approximate surface area is 157 Å². The number of nitrogens with zero attached hydrogens (tertiary/aromatic N) is 2. The second-order valence-electron chi connectivity index (χ2n) is 7.12. The molecule has 2 aromatic rings. The Morgan fingerprint density at radius 2 is 2.08 bits per heavy atom. The molecule has 4 rings (SSSR count). The van der Waals surface area contributed by atoms with Gasteiger partial charge in [0.1, 0.15) is 5.75 Å². The minimum absolute atomic E-state index is 0.0505. The first-order valence-electron chi connectivity index (χ1n) is 9.11. The van der Waals surface area contributed by atoms with Gasteiger partial charge in [0.2, 0.25) is 5.91 Å². The fourth-order valence-corrected chi connectivity index (χ4v) is 3.68. The van der Waals surface area contributed by atoms with Crippen molar-refractivity contribution in [3.8, 4) is 5.75 Å². The first-order valence-corrected chi connectivity index (χ1v) is 10.1. The lowest BCUT2D eigenvalue weighted by atomic mass is 10.1. The highest BCUT2D eigenvalue weighted by molar-refractivity contribution is 7.99. The molecule has 1 aromatic heterocycles. The van der Waals surface area contributed by atoms with Gasteiger partial charge in [-0.05, 0) is 62.1 Å². The van der Waals surface area contributed by atoms with E-state index in [4.69, 9.17) is 9.15 Å². The number of rotatable bonds is 9. The lowest BCUT2D eigenvalue weighted by molar-refractivity contribution is -0.119. The highest BCUT2D eigenvalue weighted by Crippen LogP contribution is 2.44. The number of aromatic nitrogens is 2. The maximum atomic E-state index is 12.2. The average molecular weight is 373 g/mol. The maximum Gasteiger partial charge on any atom is 0.277 e. The van der Waals surface area contributed by atoms with Gasteiger partial charge in [-0.15, -0.1) is 10.2 Å². The highest BCUT2D eigenvalue weighted by atomic mass is 32.2. The maximum absolute atomic E-state index is 12.2. The van der Waals surface area contributed by atoms with E-state index >= 15 is 0 Å². The summed E-state index contributed by atoms with van der Waals surface area (Å²) in [6.45, 7) is 2.23. The van der Waals surface area contributed by atoms with Gasteiger partial charge in [0, 0.05) is 6.04 Å². The third kappa shape index (κ3) is 4.78. The monoisotopic (exact) mass is 373 g/mol. The Balaban J connectivity index is 1.22. The Morgan fingerprint density at radius 3 is 2.77 bits per heavy atom. The number of nitrogens with one attached hydrogen (secondary N) is 1. The number of benzene rings is 1. The minimum atomic E-state index is 0.0505. The molecule has 0 unspecified atom stereocenters. The van der Waals surface area contributed by atoms with Crippen LogP contribution in [0.5, 0.6) is 5.75 Å². The van der Waals surface area contributed by atoms with E-state index in [0.29, 0.717) is 34.7 Å². The molecule has 0 saturated heterocycles. The Kier molecular flexibility index (Phi) is 5.15. The first kappa shape index (κ1) is 17.4. The summed E-state index contributed by atoms with van der Waals surface area (Å²) < 4.78 is 11.2. The van der Waals surface area contributed by atoms with E-state index in [1.807, 2.05) is 31.2 Å². The van der Waals surface area contributed by atoms with Crippen LogP contribution >= 0.6 is 11.8 Å². The molecule has 1 aromatic carbocycles. The van der Waals surface area contributed by atoms with E-state index < -0.39 is 0 Å². The number of hydrogen-bond acceptors (Lipinski definition) is 6. The third-order valence-corrected chi connectivity index (χ3v) is 5.53. The van der Waals surface area contributed by atoms with Crippen LogP contribution in [-0.4, -0.2) is 27.9 Å². The molecule has 7 heteroatoms. The van der Waals surface area contributed by atoms with Crippen LogP contribution in [0.3, 0.4) is 0 Å². The van der Waals surface area contributed by atoms with Crippen molar-refractivity contribution in [2.45, 2.75) is 50.5 Å². The van der Waals surface area contributed by atoms with Crippen LogP contribution in [-0.2, 0) is 11.4 Å². The Morgan fingerprint density at radius 1 is 1.31 bits per heavy atom. The van der Waals surface area contributed by atoms with Crippen molar-refractivity contribution in [2.24, 2.45) is 11.8 Å². The van der Waals surface area contributed by atoms with Crippen molar-refractivity contribution in [1.82, 2.24) is 15.5 Å². The van der Waals surface area contributed by atoms with E-state index in [9.17, 15) is 4.79 Å². The molecular weight excluding hydrogens is 350 g/mol. The second kappa shape index (κ2) is 7.70. The van der Waals surface area contributed by atoms with Crippen molar-refractivity contribution in [3.63, 3.8) is 0 Å². The Hall–Kier alpha value is -2.02. The molecular formula is C19H23N3O3S. The van der Waals surface area contributed by atoms with Gasteiger partial charge < -0.3 is 14.5 Å². The van der Waals surface area contributed by atoms with Crippen LogP contribution in [0.2, 0.25) is 0 Å². The fraction of sp³-hybridized carbons (Fsp3) is 0.526. The van der Waals surface area contributed by atoms with E-state index in [-0.39, 0.29) is 12.5 Å². The zero-order valence-corrected chi connectivity index (χ0v) is 15.6. The third-order valence-electron chi connectivity index (χ3n) is 4.71. The van der Waals surface area contributed by atoms with Crippen LogP contribution in [0.1, 0.15) is 37.1 Å². The summed E-state index contributed by atoms with van der Waals surface area (Å²) in [6, 6.07) is 8.17. The Bertz CT molecular complexity index is 759. The summed E-state index contributed by atoms with van der Waals surface area (Å²) in [5.41, 5.74) is 1.13. The molecule has 0 atom stereocenters. The van der Waals surface area contributed by atoms with Crippen LogP contribution in [0.15, 0.2) is 33.9 Å². The van der Waals surface area contributed by atoms with Crippen molar-refractivity contribution in [1.29, 1.82) is 0 Å². The number of thioether (sulfide) groups is 1. The van der Waals surface area contributed by atoms with Crippen LogP contribution in [0.4, 0.5) is 0 Å². The lowest BCUT2D eigenvalue weighted by Gasteiger charge is -2.17. The zero-order chi connectivity index (χ0) is 17.9. The van der Waals surface area contributed by atoms with Crippen LogP contribution in [0.25, 0.3) is 0 Å². The molecule has 2 fully saturated rings. The van der Waals surface area contributed by atoms with Crippen molar-refractivity contribution >= 4 is 17.7 Å². The van der Waals surface area contributed by atoms with Gasteiger partial charge in [-0.1, -0.05) is 23.9 Å². The summed E-state index contributed by atoms with van der Waals surface area (Å²) in [4.78, 5) is 12.2. The molecule has 0 aliphatic heterocycles. The molecule has 0 radical (unpaired) electrons. The van der Waals surface area contributed by atoms with Gasteiger partial charge in [-0.2, -0.15) is 0 Å². The number of ether oxygens (including phenoxy) is 1. The van der Waals surface area contributed by atoms with Gasteiger partial charge in [0.15, 0.2) is 6.61 Å². The number of carbonyl (C=O) groups is 1. The van der Waals surface area contributed by atoms with Gasteiger partial charge in [0.25, 0.3) is 11.1 Å². The van der Waals surface area contributed by atoms with Gasteiger partial charge >= 0.3 is 0 Å². The van der Waals surface area contributed by atoms with Gasteiger partial charge in [0.05, 0.1) is 5.75 Å². The topological polar surface area (TPSA) is 77.2 Å². The van der Waals surface area contributed by atoms with Gasteiger partial charge in [-0.3, -0.25) is 4.79 Å². The summed E-state index contributed by atoms with van der Waals surface area (Å²) in [5, 5.41) is 11.5. The summed E-state index contributed by atoms with van der Waals surface area (Å²) in [6.07, 6.45) is 5.01. The predicted octanol–water partition coefficient (Wildman–Crippen LogP) is 3.35. The van der Waals surface area contributed by atoms with E-state index in [2.05, 4.69) is 15.5 Å². The van der Waals surface area contributed by atoms with E-state index in [1.54, 1.807) is 0 Å². The minimum Gasteiger partial charge on any atom is -0.484 e. The van der Waals surface area contributed by atoms with E-state index in [1.165, 1.54) is 37.4 Å². The molecule has 26 heavy (non-hydrogen) atoms. The normalized spacial score (nSPS) is 16.7. The quantitative estimate of drug-likeness (QED) is 0.679. The number of carbonyl (C=O) groups excluding carboxylic acids is 1. The van der Waals surface area contributed by atoms with Gasteiger partial charge in [-0.25, -0.2) is 0 Å². The smallest absolute Gasteiger partial charge is 0.277 e. The molecule has 0 bridgehead atoms. The number of aryl methyl sites for hydroxylation is 1. The second-order valence-corrected chi connectivity index (χ2v) is 8.05. The zero-order valence-electron chi connectivity index (χ0n) is 14.8.